The van der Waals surface area contributed by atoms with Crippen molar-refractivity contribution in [3.8, 4) is 22.6 Å². The van der Waals surface area contributed by atoms with Gasteiger partial charge in [0.25, 0.3) is 0 Å². The Kier molecular flexibility index (Phi) is 12.9. The third-order valence-corrected chi connectivity index (χ3v) is 8.45. The van der Waals surface area contributed by atoms with Gasteiger partial charge in [-0.05, 0) is 35.4 Å². The molecule has 8 atom stereocenters. The van der Waals surface area contributed by atoms with Crippen molar-refractivity contribution in [1.29, 1.82) is 0 Å². The SMILES string of the molecule is CC(=O)OCC1OC(Cc2cc(O)c3c(=O)c(-c4ccc(O)cc4)coc3c2)C=CC1OC1OC(COC(C)=O)C(OC(C)=O)C(OC(C)=O)C1OC(C)=O. The lowest BCUT2D eigenvalue weighted by molar-refractivity contribution is -0.320. The molecule has 0 bridgehead atoms. The van der Waals surface area contributed by atoms with Crippen LogP contribution in [0.1, 0.15) is 40.2 Å². The number of hydrogen-bond acceptors (Lipinski definition) is 17. The molecule has 2 aliphatic rings. The monoisotopic (exact) mass is 768 g/mol. The Bertz CT molecular complexity index is 2000. The van der Waals surface area contributed by atoms with Gasteiger partial charge in [0.2, 0.25) is 5.43 Å². The Morgan fingerprint density at radius 3 is 1.93 bits per heavy atom. The molecule has 17 heteroatoms. The molecule has 0 saturated carbocycles. The van der Waals surface area contributed by atoms with Crippen LogP contribution >= 0.6 is 0 Å². The van der Waals surface area contributed by atoms with Crippen LogP contribution in [0.25, 0.3) is 22.1 Å². The minimum absolute atomic E-state index is 0.0223. The number of ether oxygens (including phenoxy) is 8. The highest BCUT2D eigenvalue weighted by Crippen LogP contribution is 2.33. The largest absolute Gasteiger partial charge is 0.508 e. The zero-order valence-corrected chi connectivity index (χ0v) is 30.5. The number of hydrogen-bond donors (Lipinski definition) is 2. The Morgan fingerprint density at radius 1 is 0.709 bits per heavy atom. The summed E-state index contributed by atoms with van der Waals surface area (Å²) in [7, 11) is 0. The van der Waals surface area contributed by atoms with Crippen molar-refractivity contribution in [3.05, 3.63) is 70.6 Å². The normalized spacial score (nSPS) is 24.7. The number of aromatic hydroxyl groups is 2. The lowest BCUT2D eigenvalue weighted by atomic mass is 9.97. The first kappa shape index (κ1) is 40.4. The van der Waals surface area contributed by atoms with Crippen molar-refractivity contribution >= 4 is 40.8 Å². The lowest BCUT2D eigenvalue weighted by Crippen LogP contribution is -2.63. The van der Waals surface area contributed by atoms with Crippen LogP contribution < -0.4 is 5.43 Å². The maximum atomic E-state index is 13.3. The first-order valence-corrected chi connectivity index (χ1v) is 17.1. The van der Waals surface area contributed by atoms with Crippen LogP contribution in [0.5, 0.6) is 11.5 Å². The predicted octanol–water partition coefficient (Wildman–Crippen LogP) is 2.77. The van der Waals surface area contributed by atoms with E-state index in [2.05, 4.69) is 0 Å². The van der Waals surface area contributed by atoms with Gasteiger partial charge < -0.3 is 52.5 Å². The second-order valence-electron chi connectivity index (χ2n) is 12.8. The summed E-state index contributed by atoms with van der Waals surface area (Å²) in [6, 6.07) is 8.92. The molecule has 3 heterocycles. The topological polar surface area (TPSA) is 230 Å². The highest BCUT2D eigenvalue weighted by Gasteiger charge is 2.53. The fourth-order valence-corrected chi connectivity index (χ4v) is 6.22. The van der Waals surface area contributed by atoms with E-state index in [9.17, 15) is 39.0 Å². The number of phenols is 2. The molecule has 2 aromatic carbocycles. The van der Waals surface area contributed by atoms with E-state index < -0.39 is 90.9 Å². The first-order chi connectivity index (χ1) is 26.1. The summed E-state index contributed by atoms with van der Waals surface area (Å²) in [5.74, 6) is -4.06. The molecule has 55 heavy (non-hydrogen) atoms. The molecule has 8 unspecified atom stereocenters. The average Bonchev–Trinajstić information content (AvgIpc) is 3.09. The maximum Gasteiger partial charge on any atom is 0.303 e. The van der Waals surface area contributed by atoms with Crippen LogP contribution in [-0.2, 0) is 68.3 Å². The van der Waals surface area contributed by atoms with Crippen molar-refractivity contribution in [2.45, 2.75) is 90.1 Å². The molecule has 0 radical (unpaired) electrons. The smallest absolute Gasteiger partial charge is 0.303 e. The first-order valence-electron chi connectivity index (χ1n) is 17.1. The highest BCUT2D eigenvalue weighted by atomic mass is 16.7. The van der Waals surface area contributed by atoms with Crippen molar-refractivity contribution in [1.82, 2.24) is 0 Å². The van der Waals surface area contributed by atoms with Crippen molar-refractivity contribution in [2.75, 3.05) is 13.2 Å². The Balaban J connectivity index is 1.42. The molecule has 3 aromatic rings. The molecular weight excluding hydrogens is 728 g/mol. The van der Waals surface area contributed by atoms with Gasteiger partial charge in [-0.2, -0.15) is 0 Å². The molecule has 0 spiro atoms. The van der Waals surface area contributed by atoms with Gasteiger partial charge in [0.1, 0.15) is 60.3 Å². The minimum atomic E-state index is -1.54. The molecule has 1 aromatic heterocycles. The van der Waals surface area contributed by atoms with Crippen molar-refractivity contribution < 1.29 is 76.5 Å². The Labute approximate surface area is 313 Å². The number of carbonyl (C=O) groups is 5. The van der Waals surface area contributed by atoms with Gasteiger partial charge >= 0.3 is 29.8 Å². The van der Waals surface area contributed by atoms with E-state index in [1.807, 2.05) is 0 Å². The van der Waals surface area contributed by atoms with E-state index in [0.29, 0.717) is 11.1 Å². The average molecular weight is 769 g/mol. The van der Waals surface area contributed by atoms with Gasteiger partial charge in [0.05, 0.1) is 11.7 Å². The van der Waals surface area contributed by atoms with E-state index in [-0.39, 0.29) is 41.1 Å². The molecule has 1 saturated heterocycles. The van der Waals surface area contributed by atoms with Gasteiger partial charge in [-0.3, -0.25) is 28.8 Å². The van der Waals surface area contributed by atoms with Gasteiger partial charge in [-0.25, -0.2) is 0 Å². The summed E-state index contributed by atoms with van der Waals surface area (Å²) >= 11 is 0. The highest BCUT2D eigenvalue weighted by molar-refractivity contribution is 5.87. The summed E-state index contributed by atoms with van der Waals surface area (Å²) in [4.78, 5) is 73.5. The van der Waals surface area contributed by atoms with E-state index >= 15 is 0 Å². The third kappa shape index (κ3) is 10.3. The maximum absolute atomic E-state index is 13.3. The van der Waals surface area contributed by atoms with E-state index in [0.717, 1.165) is 27.7 Å². The minimum Gasteiger partial charge on any atom is -0.508 e. The number of phenolic OH excluding ortho intramolecular Hbond substituents is 2. The molecular formula is C38H40O17. The molecule has 1 fully saturated rings. The van der Waals surface area contributed by atoms with Gasteiger partial charge in [-0.1, -0.05) is 24.3 Å². The fourth-order valence-electron chi connectivity index (χ4n) is 6.22. The quantitative estimate of drug-likeness (QED) is 0.153. The summed E-state index contributed by atoms with van der Waals surface area (Å²) in [5.41, 5.74) is 0.824. The second kappa shape index (κ2) is 17.6. The zero-order valence-electron chi connectivity index (χ0n) is 30.5. The summed E-state index contributed by atoms with van der Waals surface area (Å²) in [6.45, 7) is 4.84. The standard InChI is InChI=1S/C38H40O17/c1-18(39)47-16-31-29(54-38-37(52-22(5)43)36(51-21(4)42)35(50-20(3)41)32(55-38)17-48-19(2)40)11-10-26(53-31)12-23-13-28(45)33-30(14-23)49-15-27(34(33)46)24-6-8-25(44)9-7-24/h6-11,13-15,26,29,31-32,35-38,44-45H,12,16-17H2,1-5H3. The second-order valence-corrected chi connectivity index (χ2v) is 12.8. The van der Waals surface area contributed by atoms with E-state index in [1.165, 1.54) is 31.4 Å². The summed E-state index contributed by atoms with van der Waals surface area (Å²) < 4.78 is 51.1. The number of fused-ring (bicyclic) bond motifs is 1. The molecule has 0 aliphatic carbocycles. The van der Waals surface area contributed by atoms with Crippen LogP contribution in [0, 0.1) is 0 Å². The molecule has 5 rings (SSSR count). The Morgan fingerprint density at radius 2 is 1.31 bits per heavy atom. The summed E-state index contributed by atoms with van der Waals surface area (Å²) in [6.07, 6.45) is -5.33. The van der Waals surface area contributed by atoms with Crippen LogP contribution in [0.4, 0.5) is 0 Å². The van der Waals surface area contributed by atoms with Crippen LogP contribution in [0.2, 0.25) is 0 Å². The number of esters is 5. The van der Waals surface area contributed by atoms with Crippen LogP contribution in [0.3, 0.4) is 0 Å². The number of benzene rings is 2. The lowest BCUT2D eigenvalue weighted by Gasteiger charge is -2.45. The zero-order chi connectivity index (χ0) is 40.0. The van der Waals surface area contributed by atoms with Gasteiger partial charge in [0, 0.05) is 41.0 Å². The number of carbonyl (C=O) groups excluding carboxylic acids is 5. The van der Waals surface area contributed by atoms with Crippen molar-refractivity contribution in [2.24, 2.45) is 0 Å². The predicted molar refractivity (Wildman–Crippen MR) is 186 cm³/mol. The molecule has 17 nitrogen and oxygen atoms in total. The third-order valence-electron chi connectivity index (χ3n) is 8.45. The van der Waals surface area contributed by atoms with E-state index in [1.54, 1.807) is 30.4 Å². The van der Waals surface area contributed by atoms with E-state index in [4.69, 9.17) is 42.3 Å². The van der Waals surface area contributed by atoms with Crippen LogP contribution in [0.15, 0.2) is 64.0 Å². The van der Waals surface area contributed by atoms with Gasteiger partial charge in [-0.15, -0.1) is 0 Å². The summed E-state index contributed by atoms with van der Waals surface area (Å²) in [5, 5.41) is 20.5. The molecule has 0 amide bonds. The fraction of sp³-hybridized carbons (Fsp3) is 0.421. The Hall–Kier alpha value is -5.78. The number of rotatable bonds is 12. The molecule has 2 N–H and O–H groups in total. The van der Waals surface area contributed by atoms with Gasteiger partial charge in [0.15, 0.2) is 24.6 Å². The van der Waals surface area contributed by atoms with Crippen LogP contribution in [-0.4, -0.2) is 102 Å². The van der Waals surface area contributed by atoms with Crippen molar-refractivity contribution in [3.63, 3.8) is 0 Å². The molecule has 294 valence electrons. The molecule has 2 aliphatic heterocycles.